The molecule has 0 aromatic heterocycles. The Morgan fingerprint density at radius 3 is 2.50 bits per heavy atom. The van der Waals surface area contributed by atoms with E-state index in [9.17, 15) is 9.59 Å². The summed E-state index contributed by atoms with van der Waals surface area (Å²) in [7, 11) is 0. The molecule has 0 aliphatic rings. The molecule has 0 bridgehead atoms. The summed E-state index contributed by atoms with van der Waals surface area (Å²) in [5.41, 5.74) is 3.16. The van der Waals surface area contributed by atoms with E-state index in [4.69, 9.17) is 23.2 Å². The number of carbonyl (C=O) groups excluding carboxylic acids is 2. The van der Waals surface area contributed by atoms with Crippen LogP contribution in [0, 0.1) is 0 Å². The first kappa shape index (κ1) is 16.0. The molecule has 2 aromatic carbocycles. The van der Waals surface area contributed by atoms with Crippen molar-refractivity contribution in [3.8, 4) is 0 Å². The Morgan fingerprint density at radius 1 is 1.00 bits per heavy atom. The lowest BCUT2D eigenvalue weighted by Gasteiger charge is -2.04. The largest absolute Gasteiger partial charge is 0.329 e. The van der Waals surface area contributed by atoms with Crippen LogP contribution in [-0.2, 0) is 9.59 Å². The van der Waals surface area contributed by atoms with Gasteiger partial charge in [-0.2, -0.15) is 5.10 Å². The summed E-state index contributed by atoms with van der Waals surface area (Å²) in [5.74, 6) is -1.75. The average Bonchev–Trinajstić information content (AvgIpc) is 2.49. The Morgan fingerprint density at radius 2 is 1.77 bits per heavy atom. The van der Waals surface area contributed by atoms with E-state index < -0.39 is 11.8 Å². The molecule has 112 valence electrons. The Balaban J connectivity index is 1.92. The minimum absolute atomic E-state index is 0.419. The Kier molecular flexibility index (Phi) is 5.52. The molecule has 0 aliphatic carbocycles. The number of halogens is 2. The van der Waals surface area contributed by atoms with E-state index in [1.54, 1.807) is 42.5 Å². The lowest BCUT2D eigenvalue weighted by Crippen LogP contribution is -2.32. The molecule has 0 atom stereocenters. The summed E-state index contributed by atoms with van der Waals surface area (Å²) in [6.45, 7) is 0. The Hall–Kier alpha value is -2.37. The fraction of sp³-hybridized carbons (Fsp3) is 0. The third kappa shape index (κ3) is 4.58. The number of nitrogens with zero attached hydrogens (tertiary/aromatic N) is 1. The molecule has 2 rings (SSSR count). The summed E-state index contributed by atoms with van der Waals surface area (Å²) in [6, 6.07) is 13.4. The molecular weight excluding hydrogens is 325 g/mol. The number of hydrazone groups is 1. The maximum atomic E-state index is 11.7. The van der Waals surface area contributed by atoms with Crippen LogP contribution in [0.3, 0.4) is 0 Å². The number of nitrogens with one attached hydrogen (secondary N) is 2. The highest BCUT2D eigenvalue weighted by Gasteiger charge is 2.12. The van der Waals surface area contributed by atoms with Gasteiger partial charge in [0.1, 0.15) is 0 Å². The molecule has 2 aromatic rings. The second kappa shape index (κ2) is 7.59. The predicted molar refractivity (Wildman–Crippen MR) is 87.3 cm³/mol. The van der Waals surface area contributed by atoms with Crippen molar-refractivity contribution in [2.45, 2.75) is 0 Å². The van der Waals surface area contributed by atoms with Gasteiger partial charge in [0.25, 0.3) is 0 Å². The number of amides is 2. The molecular formula is C15H11Cl2N3O2. The van der Waals surface area contributed by atoms with E-state index >= 15 is 0 Å². The van der Waals surface area contributed by atoms with Gasteiger partial charge in [-0.15, -0.1) is 0 Å². The zero-order valence-electron chi connectivity index (χ0n) is 11.2. The number of benzene rings is 2. The van der Waals surface area contributed by atoms with Crippen molar-refractivity contribution < 1.29 is 9.59 Å². The Bertz CT molecular complexity index is 732. The first-order valence-electron chi connectivity index (χ1n) is 6.21. The van der Waals surface area contributed by atoms with Crippen molar-refractivity contribution in [1.29, 1.82) is 0 Å². The highest BCUT2D eigenvalue weighted by Crippen LogP contribution is 2.14. The molecule has 0 aliphatic heterocycles. The second-order valence-electron chi connectivity index (χ2n) is 4.19. The maximum absolute atomic E-state index is 11.7. The first-order chi connectivity index (χ1) is 10.6. The topological polar surface area (TPSA) is 70.6 Å². The zero-order chi connectivity index (χ0) is 15.9. The number of hydrogen-bond acceptors (Lipinski definition) is 3. The lowest BCUT2D eigenvalue weighted by molar-refractivity contribution is -0.136. The van der Waals surface area contributed by atoms with Crippen molar-refractivity contribution in [3.05, 3.63) is 64.1 Å². The van der Waals surface area contributed by atoms with E-state index in [1.807, 2.05) is 0 Å². The number of anilines is 1. The summed E-state index contributed by atoms with van der Waals surface area (Å²) in [4.78, 5) is 23.3. The van der Waals surface area contributed by atoms with Crippen molar-refractivity contribution in [3.63, 3.8) is 0 Å². The van der Waals surface area contributed by atoms with Crippen LogP contribution in [0.2, 0.25) is 10.0 Å². The number of carbonyl (C=O) groups is 2. The minimum Gasteiger partial charge on any atom is -0.318 e. The third-order valence-corrected chi connectivity index (χ3v) is 3.14. The van der Waals surface area contributed by atoms with Gasteiger partial charge in [-0.25, -0.2) is 5.43 Å². The van der Waals surface area contributed by atoms with Crippen molar-refractivity contribution >= 4 is 46.9 Å². The molecule has 7 heteroatoms. The normalized spacial score (nSPS) is 10.5. The van der Waals surface area contributed by atoms with Gasteiger partial charge in [0, 0.05) is 21.3 Å². The average molecular weight is 336 g/mol. The van der Waals surface area contributed by atoms with Crippen LogP contribution in [0.1, 0.15) is 5.56 Å². The third-order valence-electron chi connectivity index (χ3n) is 2.56. The fourth-order valence-electron chi connectivity index (χ4n) is 1.55. The first-order valence-corrected chi connectivity index (χ1v) is 6.96. The summed E-state index contributed by atoms with van der Waals surface area (Å²) in [6.07, 6.45) is 1.35. The zero-order valence-corrected chi connectivity index (χ0v) is 12.7. The van der Waals surface area contributed by atoms with Crippen LogP contribution < -0.4 is 10.7 Å². The summed E-state index contributed by atoms with van der Waals surface area (Å²) in [5, 5.41) is 7.04. The summed E-state index contributed by atoms with van der Waals surface area (Å²) < 4.78 is 0. The number of rotatable bonds is 3. The van der Waals surface area contributed by atoms with Crippen LogP contribution in [0.4, 0.5) is 5.69 Å². The van der Waals surface area contributed by atoms with Crippen LogP contribution in [0.15, 0.2) is 53.6 Å². The highest BCUT2D eigenvalue weighted by atomic mass is 35.5. The van der Waals surface area contributed by atoms with E-state index in [2.05, 4.69) is 15.8 Å². The van der Waals surface area contributed by atoms with E-state index in [-0.39, 0.29) is 0 Å². The van der Waals surface area contributed by atoms with Gasteiger partial charge in [-0.3, -0.25) is 9.59 Å². The maximum Gasteiger partial charge on any atom is 0.329 e. The molecule has 22 heavy (non-hydrogen) atoms. The molecule has 0 saturated heterocycles. The summed E-state index contributed by atoms with van der Waals surface area (Å²) >= 11 is 11.7. The smallest absolute Gasteiger partial charge is 0.318 e. The van der Waals surface area contributed by atoms with Crippen molar-refractivity contribution in [2.24, 2.45) is 5.10 Å². The van der Waals surface area contributed by atoms with Crippen molar-refractivity contribution in [2.75, 3.05) is 5.32 Å². The number of hydrogen-bond donors (Lipinski definition) is 2. The molecule has 2 amide bonds. The van der Waals surface area contributed by atoms with Gasteiger partial charge in [0.2, 0.25) is 0 Å². The second-order valence-corrected chi connectivity index (χ2v) is 5.03. The standard InChI is InChI=1S/C15H11Cl2N3O2/c16-11-5-3-6-12(8-11)19-14(21)15(22)20-18-9-10-4-1-2-7-13(10)17/h1-9H,(H,19,21)(H,20,22)/b18-9-. The van der Waals surface area contributed by atoms with Gasteiger partial charge >= 0.3 is 11.8 Å². The molecule has 0 spiro atoms. The van der Waals surface area contributed by atoms with Gasteiger partial charge in [-0.05, 0) is 24.3 Å². The van der Waals surface area contributed by atoms with E-state index in [1.165, 1.54) is 12.3 Å². The molecule has 2 N–H and O–H groups in total. The van der Waals surface area contributed by atoms with Crippen LogP contribution >= 0.6 is 23.2 Å². The lowest BCUT2D eigenvalue weighted by atomic mass is 10.2. The van der Waals surface area contributed by atoms with E-state index in [0.29, 0.717) is 21.3 Å². The molecule has 0 radical (unpaired) electrons. The highest BCUT2D eigenvalue weighted by molar-refractivity contribution is 6.40. The SMILES string of the molecule is O=C(N/N=C\c1ccccc1Cl)C(=O)Nc1cccc(Cl)c1. The molecule has 0 unspecified atom stereocenters. The Labute approximate surface area is 136 Å². The molecule has 0 heterocycles. The van der Waals surface area contributed by atoms with Crippen LogP contribution in [0.25, 0.3) is 0 Å². The van der Waals surface area contributed by atoms with Crippen molar-refractivity contribution in [1.82, 2.24) is 5.43 Å². The van der Waals surface area contributed by atoms with Gasteiger partial charge in [0.15, 0.2) is 0 Å². The molecule has 0 saturated carbocycles. The van der Waals surface area contributed by atoms with Crippen LogP contribution in [-0.4, -0.2) is 18.0 Å². The quantitative estimate of drug-likeness (QED) is 0.514. The van der Waals surface area contributed by atoms with Gasteiger partial charge in [-0.1, -0.05) is 47.5 Å². The van der Waals surface area contributed by atoms with Gasteiger partial charge in [0.05, 0.1) is 6.21 Å². The molecule has 0 fully saturated rings. The fourth-order valence-corrected chi connectivity index (χ4v) is 1.92. The van der Waals surface area contributed by atoms with E-state index in [0.717, 1.165) is 0 Å². The minimum atomic E-state index is -0.900. The van der Waals surface area contributed by atoms with Gasteiger partial charge < -0.3 is 5.32 Å². The molecule has 5 nitrogen and oxygen atoms in total. The monoisotopic (exact) mass is 335 g/mol. The van der Waals surface area contributed by atoms with Crippen LogP contribution in [0.5, 0.6) is 0 Å². The predicted octanol–water partition coefficient (Wildman–Crippen LogP) is 3.08.